The van der Waals surface area contributed by atoms with Crippen LogP contribution in [0, 0.1) is 0 Å². The number of urea groups is 1. The van der Waals surface area contributed by atoms with Gasteiger partial charge in [-0.05, 0) is 35.9 Å². The molecular formula is C19H17N5O2S. The molecule has 27 heavy (non-hydrogen) atoms. The number of hydrogen-bond acceptors (Lipinski definition) is 5. The molecule has 8 heteroatoms. The van der Waals surface area contributed by atoms with Gasteiger partial charge in [0.05, 0.1) is 23.2 Å². The van der Waals surface area contributed by atoms with E-state index in [9.17, 15) is 4.79 Å². The van der Waals surface area contributed by atoms with Gasteiger partial charge < -0.3 is 15.4 Å². The van der Waals surface area contributed by atoms with Crippen LogP contribution in [0.15, 0.2) is 53.4 Å². The van der Waals surface area contributed by atoms with Crippen LogP contribution in [0.2, 0.25) is 0 Å². The van der Waals surface area contributed by atoms with Crippen LogP contribution in [0.1, 0.15) is 5.56 Å². The summed E-state index contributed by atoms with van der Waals surface area (Å²) in [5.41, 5.74) is 6.38. The second kappa shape index (κ2) is 7.18. The standard InChI is InChI=1S/C19H17N5O2S/c1-24(14-5-2-12(9-25)3-6-14)19(26)21-13-4-7-15-16(8-13)23-18(22-15)17-10-27-11-20-17/h2-8,10-11,25H,9H2,1H3,(H,21,26)(H,22,23). The molecule has 136 valence electrons. The highest BCUT2D eigenvalue weighted by Gasteiger charge is 2.13. The number of carbonyl (C=O) groups is 1. The summed E-state index contributed by atoms with van der Waals surface area (Å²) in [4.78, 5) is 26.1. The number of nitrogens with zero attached hydrogens (tertiary/aromatic N) is 3. The van der Waals surface area contributed by atoms with Crippen molar-refractivity contribution in [3.8, 4) is 11.5 Å². The highest BCUT2D eigenvalue weighted by molar-refractivity contribution is 7.07. The zero-order valence-electron chi connectivity index (χ0n) is 14.5. The zero-order chi connectivity index (χ0) is 18.8. The third kappa shape index (κ3) is 3.53. The number of aliphatic hydroxyl groups excluding tert-OH is 1. The number of anilines is 2. The molecule has 0 aliphatic heterocycles. The average molecular weight is 379 g/mol. The molecule has 0 unspecified atom stereocenters. The fourth-order valence-corrected chi connectivity index (χ4v) is 3.22. The molecule has 2 aromatic carbocycles. The summed E-state index contributed by atoms with van der Waals surface area (Å²) in [6.45, 7) is -0.0250. The number of fused-ring (bicyclic) bond motifs is 1. The van der Waals surface area contributed by atoms with Crippen molar-refractivity contribution in [2.45, 2.75) is 6.61 Å². The van der Waals surface area contributed by atoms with Gasteiger partial charge in [0.15, 0.2) is 5.82 Å². The molecule has 0 aliphatic carbocycles. The summed E-state index contributed by atoms with van der Waals surface area (Å²) in [6, 6.07) is 12.4. The summed E-state index contributed by atoms with van der Waals surface area (Å²) in [6.07, 6.45) is 0. The zero-order valence-corrected chi connectivity index (χ0v) is 15.3. The number of imidazole rings is 1. The van der Waals surface area contributed by atoms with Crippen molar-refractivity contribution >= 4 is 39.8 Å². The Labute approximate surface area is 159 Å². The van der Waals surface area contributed by atoms with Crippen LogP contribution in [0.5, 0.6) is 0 Å². The van der Waals surface area contributed by atoms with Gasteiger partial charge >= 0.3 is 6.03 Å². The van der Waals surface area contributed by atoms with Crippen LogP contribution < -0.4 is 10.2 Å². The van der Waals surface area contributed by atoms with E-state index < -0.39 is 0 Å². The summed E-state index contributed by atoms with van der Waals surface area (Å²) < 4.78 is 0. The maximum atomic E-state index is 12.5. The Morgan fingerprint density at radius 2 is 2.07 bits per heavy atom. The predicted molar refractivity (Wildman–Crippen MR) is 107 cm³/mol. The van der Waals surface area contributed by atoms with E-state index >= 15 is 0 Å². The number of H-pyrrole nitrogens is 1. The lowest BCUT2D eigenvalue weighted by Crippen LogP contribution is -2.31. The van der Waals surface area contributed by atoms with Crippen molar-refractivity contribution in [1.29, 1.82) is 0 Å². The number of aromatic amines is 1. The molecule has 4 rings (SSSR count). The van der Waals surface area contributed by atoms with E-state index in [0.717, 1.165) is 28.0 Å². The summed E-state index contributed by atoms with van der Waals surface area (Å²) in [5, 5.41) is 13.9. The van der Waals surface area contributed by atoms with Crippen LogP contribution in [-0.4, -0.2) is 33.1 Å². The third-order valence-electron chi connectivity index (χ3n) is 4.22. The molecule has 0 spiro atoms. The molecule has 4 aromatic rings. The molecule has 0 bridgehead atoms. The minimum atomic E-state index is -0.263. The van der Waals surface area contributed by atoms with Crippen LogP contribution in [-0.2, 0) is 6.61 Å². The van der Waals surface area contributed by atoms with Crippen LogP contribution in [0.3, 0.4) is 0 Å². The van der Waals surface area contributed by atoms with Crippen LogP contribution >= 0.6 is 11.3 Å². The van der Waals surface area contributed by atoms with Gasteiger partial charge in [0.25, 0.3) is 0 Å². The molecule has 2 amide bonds. The Morgan fingerprint density at radius 1 is 1.26 bits per heavy atom. The van der Waals surface area contributed by atoms with Crippen molar-refractivity contribution in [2.75, 3.05) is 17.3 Å². The Balaban J connectivity index is 1.52. The smallest absolute Gasteiger partial charge is 0.326 e. The molecule has 0 fully saturated rings. The second-order valence-corrected chi connectivity index (χ2v) is 6.72. The topological polar surface area (TPSA) is 94.1 Å². The molecule has 0 saturated heterocycles. The number of rotatable bonds is 4. The molecule has 0 aliphatic rings. The highest BCUT2D eigenvalue weighted by atomic mass is 32.1. The monoisotopic (exact) mass is 379 g/mol. The lowest BCUT2D eigenvalue weighted by atomic mass is 10.2. The number of thiazole rings is 1. The number of aliphatic hydroxyl groups is 1. The second-order valence-electron chi connectivity index (χ2n) is 6.00. The minimum absolute atomic E-state index is 0.0250. The largest absolute Gasteiger partial charge is 0.392 e. The van der Waals surface area contributed by atoms with E-state index in [-0.39, 0.29) is 12.6 Å². The van der Waals surface area contributed by atoms with Crippen molar-refractivity contribution in [3.05, 3.63) is 58.9 Å². The summed E-state index contributed by atoms with van der Waals surface area (Å²) in [7, 11) is 1.69. The van der Waals surface area contributed by atoms with Crippen molar-refractivity contribution in [1.82, 2.24) is 15.0 Å². The minimum Gasteiger partial charge on any atom is -0.392 e. The number of aromatic nitrogens is 3. The number of nitrogens with one attached hydrogen (secondary N) is 2. The first-order valence-electron chi connectivity index (χ1n) is 8.27. The summed E-state index contributed by atoms with van der Waals surface area (Å²) >= 11 is 1.51. The van der Waals surface area contributed by atoms with E-state index in [1.165, 1.54) is 16.2 Å². The van der Waals surface area contributed by atoms with Gasteiger partial charge in [-0.1, -0.05) is 12.1 Å². The number of hydrogen-bond donors (Lipinski definition) is 3. The quantitative estimate of drug-likeness (QED) is 0.502. The van der Waals surface area contributed by atoms with E-state index in [2.05, 4.69) is 20.3 Å². The fraction of sp³-hybridized carbons (Fsp3) is 0.105. The van der Waals surface area contributed by atoms with Crippen molar-refractivity contribution in [2.24, 2.45) is 0 Å². The molecule has 0 saturated carbocycles. The lowest BCUT2D eigenvalue weighted by Gasteiger charge is -2.18. The van der Waals surface area contributed by atoms with Crippen molar-refractivity contribution < 1.29 is 9.90 Å². The molecule has 3 N–H and O–H groups in total. The molecular weight excluding hydrogens is 362 g/mol. The number of benzene rings is 2. The number of carbonyl (C=O) groups excluding carboxylic acids is 1. The molecule has 7 nitrogen and oxygen atoms in total. The van der Waals surface area contributed by atoms with Crippen molar-refractivity contribution in [3.63, 3.8) is 0 Å². The van der Waals surface area contributed by atoms with E-state index in [0.29, 0.717) is 11.5 Å². The Kier molecular flexibility index (Phi) is 4.57. The Morgan fingerprint density at radius 3 is 2.78 bits per heavy atom. The van der Waals surface area contributed by atoms with Gasteiger partial charge in [0.1, 0.15) is 5.69 Å². The van der Waals surface area contributed by atoms with E-state index in [1.54, 1.807) is 36.8 Å². The maximum Gasteiger partial charge on any atom is 0.326 e. The third-order valence-corrected chi connectivity index (χ3v) is 4.81. The van der Waals surface area contributed by atoms with Gasteiger partial charge in [-0.25, -0.2) is 14.8 Å². The molecule has 2 heterocycles. The summed E-state index contributed by atoms with van der Waals surface area (Å²) in [5.74, 6) is 0.704. The first-order chi connectivity index (χ1) is 13.1. The molecule has 0 radical (unpaired) electrons. The van der Waals surface area contributed by atoms with E-state index in [1.807, 2.05) is 23.6 Å². The van der Waals surface area contributed by atoms with Gasteiger partial charge in [-0.2, -0.15) is 0 Å². The van der Waals surface area contributed by atoms with Gasteiger partial charge in [-0.3, -0.25) is 4.90 Å². The Hall–Kier alpha value is -3.23. The Bertz CT molecular complexity index is 1070. The maximum absolute atomic E-state index is 12.5. The van der Waals surface area contributed by atoms with Gasteiger partial charge in [0, 0.05) is 23.8 Å². The van der Waals surface area contributed by atoms with E-state index in [4.69, 9.17) is 5.11 Å². The predicted octanol–water partition coefficient (Wildman–Crippen LogP) is 3.85. The highest BCUT2D eigenvalue weighted by Crippen LogP contribution is 2.23. The van der Waals surface area contributed by atoms with Gasteiger partial charge in [0.2, 0.25) is 0 Å². The lowest BCUT2D eigenvalue weighted by molar-refractivity contribution is 0.258. The van der Waals surface area contributed by atoms with Gasteiger partial charge in [-0.15, -0.1) is 11.3 Å². The molecule has 2 aromatic heterocycles. The normalized spacial score (nSPS) is 10.9. The first kappa shape index (κ1) is 17.2. The van der Waals surface area contributed by atoms with Crippen LogP contribution in [0.25, 0.3) is 22.6 Å². The SMILES string of the molecule is CN(C(=O)Nc1ccc2[nH]c(-c3cscn3)nc2c1)c1ccc(CO)cc1. The first-order valence-corrected chi connectivity index (χ1v) is 9.21. The number of amides is 2. The molecule has 0 atom stereocenters. The fourth-order valence-electron chi connectivity index (χ4n) is 2.68. The average Bonchev–Trinajstić information content (AvgIpc) is 3.36. The van der Waals surface area contributed by atoms with Crippen LogP contribution in [0.4, 0.5) is 16.2 Å².